The molecule has 1 aliphatic rings. The zero-order chi connectivity index (χ0) is 17.7. The summed E-state index contributed by atoms with van der Waals surface area (Å²) < 4.78 is 9.36. The molecular weight excluding hydrogens is 350 g/mol. The lowest BCUT2D eigenvalue weighted by Gasteiger charge is -2.13. The second kappa shape index (κ2) is 5.71. The van der Waals surface area contributed by atoms with Crippen LogP contribution in [0.3, 0.4) is 0 Å². The van der Waals surface area contributed by atoms with Gasteiger partial charge in [0.15, 0.2) is 11.0 Å². The van der Waals surface area contributed by atoms with E-state index in [-0.39, 0.29) is 0 Å². The van der Waals surface area contributed by atoms with E-state index in [9.17, 15) is 0 Å². The van der Waals surface area contributed by atoms with Crippen LogP contribution in [0.4, 0.5) is 0 Å². The van der Waals surface area contributed by atoms with Crippen LogP contribution in [-0.2, 0) is 6.54 Å². The first-order valence-electron chi connectivity index (χ1n) is 8.14. The van der Waals surface area contributed by atoms with E-state index in [2.05, 4.69) is 33.3 Å². The van der Waals surface area contributed by atoms with E-state index in [1.54, 1.807) is 19.8 Å². The molecule has 2 aromatic carbocycles. The van der Waals surface area contributed by atoms with Gasteiger partial charge in [0.1, 0.15) is 18.4 Å². The molecule has 0 unspecified atom stereocenters. The molecule has 0 fully saturated rings. The zero-order valence-corrected chi connectivity index (χ0v) is 14.7. The van der Waals surface area contributed by atoms with Crippen LogP contribution in [0.15, 0.2) is 55.1 Å². The van der Waals surface area contributed by atoms with E-state index in [1.807, 2.05) is 33.5 Å². The maximum atomic E-state index is 6.29. The monoisotopic (exact) mass is 363 g/mol. The minimum Gasteiger partial charge on any atom is -0.496 e. The highest BCUT2D eigenvalue weighted by Gasteiger charge is 2.23. The molecule has 3 heterocycles. The third kappa shape index (κ3) is 2.16. The molecule has 26 heavy (non-hydrogen) atoms. The molecule has 0 saturated heterocycles. The Morgan fingerprint density at radius 1 is 1.08 bits per heavy atom. The third-order valence-corrected chi connectivity index (χ3v) is 4.96. The minimum absolute atomic E-state index is 0.480. The molecule has 0 aliphatic carbocycles. The summed E-state index contributed by atoms with van der Waals surface area (Å²) in [6.45, 7) is 0.521. The number of aromatic nitrogens is 5. The predicted octanol–water partition coefficient (Wildman–Crippen LogP) is 3.82. The van der Waals surface area contributed by atoms with Crippen molar-refractivity contribution in [3.8, 4) is 34.0 Å². The Bertz CT molecular complexity index is 1130. The number of nitrogens with zero attached hydrogens (tertiary/aromatic N) is 5. The number of benzene rings is 2. The van der Waals surface area contributed by atoms with E-state index in [0.717, 1.165) is 39.6 Å². The normalized spacial score (nSPS) is 12.1. The molecule has 0 spiro atoms. The lowest BCUT2D eigenvalue weighted by Crippen LogP contribution is -2.04. The van der Waals surface area contributed by atoms with Gasteiger partial charge in [-0.2, -0.15) is 5.10 Å². The molecule has 0 radical (unpaired) electrons. The van der Waals surface area contributed by atoms with Crippen molar-refractivity contribution in [3.05, 3.63) is 66.0 Å². The van der Waals surface area contributed by atoms with Crippen LogP contribution in [0.5, 0.6) is 5.75 Å². The molecule has 0 atom stereocenters. The number of ether oxygens (including phenoxy) is 1. The van der Waals surface area contributed by atoms with Gasteiger partial charge >= 0.3 is 0 Å². The summed E-state index contributed by atoms with van der Waals surface area (Å²) in [4.78, 5) is 8.72. The van der Waals surface area contributed by atoms with Crippen molar-refractivity contribution in [1.82, 2.24) is 24.3 Å². The van der Waals surface area contributed by atoms with Crippen molar-refractivity contribution in [2.24, 2.45) is 0 Å². The average Bonchev–Trinajstić information content (AvgIpc) is 3.26. The van der Waals surface area contributed by atoms with Gasteiger partial charge in [-0.3, -0.25) is 4.57 Å². The Kier molecular flexibility index (Phi) is 3.33. The number of rotatable bonds is 2. The van der Waals surface area contributed by atoms with Crippen LogP contribution < -0.4 is 4.74 Å². The van der Waals surface area contributed by atoms with E-state index in [1.165, 1.54) is 0 Å². The SMILES string of the molecule is COc1ccccc1-c1ccc2c(c1)-c1ncnn1Cc1c(Cl)ncn1-2. The highest BCUT2D eigenvalue weighted by atomic mass is 35.5. The number of hydrogen-bond donors (Lipinski definition) is 0. The molecule has 0 amide bonds. The first-order valence-corrected chi connectivity index (χ1v) is 8.52. The standard InChI is InChI=1S/C19H14ClN5O/c1-26-17-5-3-2-4-13(17)12-6-7-15-14(8-12)19-21-10-23-25(19)9-16-18(20)22-11-24(15)16/h2-8,10-11H,9H2,1H3. The van der Waals surface area contributed by atoms with Crippen molar-refractivity contribution in [3.63, 3.8) is 0 Å². The maximum Gasteiger partial charge on any atom is 0.160 e. The van der Waals surface area contributed by atoms with Crippen LogP contribution in [0, 0.1) is 0 Å². The summed E-state index contributed by atoms with van der Waals surface area (Å²) in [6.07, 6.45) is 3.31. The fourth-order valence-electron chi connectivity index (χ4n) is 3.41. The Hall–Kier alpha value is -3.12. The van der Waals surface area contributed by atoms with Crippen LogP contribution in [0.25, 0.3) is 28.2 Å². The Labute approximate surface area is 154 Å². The molecule has 1 aliphatic heterocycles. The summed E-state index contributed by atoms with van der Waals surface area (Å²) in [5.41, 5.74) is 4.91. The Balaban J connectivity index is 1.78. The van der Waals surface area contributed by atoms with E-state index >= 15 is 0 Å². The van der Waals surface area contributed by atoms with Crippen molar-refractivity contribution >= 4 is 11.6 Å². The number of hydrogen-bond acceptors (Lipinski definition) is 4. The van der Waals surface area contributed by atoms with Gasteiger partial charge in [0.2, 0.25) is 0 Å². The van der Waals surface area contributed by atoms with E-state index < -0.39 is 0 Å². The molecule has 128 valence electrons. The molecule has 6 nitrogen and oxygen atoms in total. The molecule has 5 rings (SSSR count). The molecule has 7 heteroatoms. The Morgan fingerprint density at radius 2 is 1.96 bits per heavy atom. The number of fused-ring (bicyclic) bond motifs is 5. The number of halogens is 1. The lowest BCUT2D eigenvalue weighted by molar-refractivity contribution is 0.416. The number of imidazole rings is 1. The molecule has 0 N–H and O–H groups in total. The lowest BCUT2D eigenvalue weighted by atomic mass is 10.0. The smallest absolute Gasteiger partial charge is 0.160 e. The molecule has 2 aromatic heterocycles. The minimum atomic E-state index is 0.480. The first-order chi connectivity index (χ1) is 12.8. The highest BCUT2D eigenvalue weighted by molar-refractivity contribution is 6.30. The summed E-state index contributed by atoms with van der Waals surface area (Å²) in [5.74, 6) is 1.63. The second-order valence-corrected chi connectivity index (χ2v) is 6.38. The second-order valence-electron chi connectivity index (χ2n) is 6.03. The van der Waals surface area contributed by atoms with Crippen molar-refractivity contribution in [2.45, 2.75) is 6.54 Å². The van der Waals surface area contributed by atoms with Crippen LogP contribution >= 0.6 is 11.6 Å². The van der Waals surface area contributed by atoms with Crippen molar-refractivity contribution in [2.75, 3.05) is 7.11 Å². The molecule has 0 bridgehead atoms. The van der Waals surface area contributed by atoms with Crippen molar-refractivity contribution < 1.29 is 4.74 Å². The van der Waals surface area contributed by atoms with Gasteiger partial charge in [-0.05, 0) is 23.8 Å². The van der Waals surface area contributed by atoms with Crippen LogP contribution in [0.1, 0.15) is 5.69 Å². The summed E-state index contributed by atoms with van der Waals surface area (Å²) in [7, 11) is 1.68. The Morgan fingerprint density at radius 3 is 2.85 bits per heavy atom. The predicted molar refractivity (Wildman–Crippen MR) is 98.7 cm³/mol. The number of para-hydroxylation sites is 1. The van der Waals surface area contributed by atoms with Crippen LogP contribution in [-0.4, -0.2) is 31.4 Å². The first kappa shape index (κ1) is 15.2. The topological polar surface area (TPSA) is 57.8 Å². The van der Waals surface area contributed by atoms with Gasteiger partial charge in [-0.15, -0.1) is 0 Å². The molecule has 4 aromatic rings. The fraction of sp³-hybridized carbons (Fsp3) is 0.105. The van der Waals surface area contributed by atoms with Crippen LogP contribution in [0.2, 0.25) is 5.15 Å². The molecular formula is C19H14ClN5O. The third-order valence-electron chi connectivity index (χ3n) is 4.65. The van der Waals surface area contributed by atoms with Gasteiger partial charge in [-0.1, -0.05) is 35.9 Å². The van der Waals surface area contributed by atoms with Gasteiger partial charge in [-0.25, -0.2) is 14.6 Å². The zero-order valence-electron chi connectivity index (χ0n) is 13.9. The highest BCUT2D eigenvalue weighted by Crippen LogP contribution is 2.37. The van der Waals surface area contributed by atoms with E-state index in [0.29, 0.717) is 11.7 Å². The summed E-state index contributed by atoms with van der Waals surface area (Å²) in [6, 6.07) is 14.2. The average molecular weight is 364 g/mol. The van der Waals surface area contributed by atoms with Gasteiger partial charge < -0.3 is 4.74 Å². The van der Waals surface area contributed by atoms with Gasteiger partial charge in [0.05, 0.1) is 25.0 Å². The van der Waals surface area contributed by atoms with Crippen molar-refractivity contribution in [1.29, 1.82) is 0 Å². The van der Waals surface area contributed by atoms with Gasteiger partial charge in [0.25, 0.3) is 0 Å². The quantitative estimate of drug-likeness (QED) is 0.478. The molecule has 0 saturated carbocycles. The largest absolute Gasteiger partial charge is 0.496 e. The van der Waals surface area contributed by atoms with Gasteiger partial charge in [0, 0.05) is 11.1 Å². The summed E-state index contributed by atoms with van der Waals surface area (Å²) >= 11 is 6.29. The summed E-state index contributed by atoms with van der Waals surface area (Å²) in [5, 5.41) is 4.83. The maximum absolute atomic E-state index is 6.29. The fourth-order valence-corrected chi connectivity index (χ4v) is 3.60. The van der Waals surface area contributed by atoms with E-state index in [4.69, 9.17) is 16.3 Å². The number of methoxy groups -OCH3 is 1.